The maximum atomic E-state index is 5.24. The highest BCUT2D eigenvalue weighted by Gasteiger charge is 2.15. The summed E-state index contributed by atoms with van der Waals surface area (Å²) in [5, 5.41) is 4.38. The zero-order valence-electron chi connectivity index (χ0n) is 11.5. The van der Waals surface area contributed by atoms with Gasteiger partial charge in [0.05, 0.1) is 7.11 Å². The van der Waals surface area contributed by atoms with Gasteiger partial charge in [0.2, 0.25) is 5.13 Å². The summed E-state index contributed by atoms with van der Waals surface area (Å²) in [7, 11) is 1.68. The van der Waals surface area contributed by atoms with E-state index in [1.807, 2.05) is 18.2 Å². The van der Waals surface area contributed by atoms with Gasteiger partial charge in [0.15, 0.2) is 0 Å². The first kappa shape index (κ1) is 13.3. The summed E-state index contributed by atoms with van der Waals surface area (Å²) in [6.07, 6.45) is 0.750. The SMILES string of the molecule is COc1cccc(Cc2nsc(N3CCNCC3)n2)c1. The molecule has 1 fully saturated rings. The molecule has 0 radical (unpaired) electrons. The average Bonchev–Trinajstić information content (AvgIpc) is 2.97. The molecule has 6 heteroatoms. The predicted molar refractivity (Wildman–Crippen MR) is 80.8 cm³/mol. The third-order valence-corrected chi connectivity index (χ3v) is 4.16. The van der Waals surface area contributed by atoms with Gasteiger partial charge in [-0.15, -0.1) is 0 Å². The Hall–Kier alpha value is -1.66. The number of piperazine rings is 1. The molecule has 2 aromatic rings. The number of aromatic nitrogens is 2. The van der Waals surface area contributed by atoms with E-state index in [-0.39, 0.29) is 0 Å². The summed E-state index contributed by atoms with van der Waals surface area (Å²) < 4.78 is 9.71. The molecule has 1 aliphatic rings. The van der Waals surface area contributed by atoms with E-state index in [1.54, 1.807) is 7.11 Å². The fourth-order valence-corrected chi connectivity index (χ4v) is 3.00. The summed E-state index contributed by atoms with van der Waals surface area (Å²) in [4.78, 5) is 6.94. The monoisotopic (exact) mass is 290 g/mol. The van der Waals surface area contributed by atoms with Crippen LogP contribution in [0.25, 0.3) is 0 Å². The van der Waals surface area contributed by atoms with Crippen LogP contribution < -0.4 is 15.0 Å². The molecule has 2 heterocycles. The van der Waals surface area contributed by atoms with E-state index in [9.17, 15) is 0 Å². The summed E-state index contributed by atoms with van der Waals surface area (Å²) in [5.74, 6) is 1.76. The molecule has 1 aromatic heterocycles. The minimum absolute atomic E-state index is 0.750. The van der Waals surface area contributed by atoms with Crippen LogP contribution in [0.2, 0.25) is 0 Å². The lowest BCUT2D eigenvalue weighted by atomic mass is 10.1. The third-order valence-electron chi connectivity index (χ3n) is 3.34. The van der Waals surface area contributed by atoms with Gasteiger partial charge < -0.3 is 15.0 Å². The Bertz CT molecular complexity index is 566. The second-order valence-electron chi connectivity index (χ2n) is 4.76. The van der Waals surface area contributed by atoms with Gasteiger partial charge >= 0.3 is 0 Å². The number of rotatable bonds is 4. The van der Waals surface area contributed by atoms with Crippen molar-refractivity contribution in [3.63, 3.8) is 0 Å². The van der Waals surface area contributed by atoms with Crippen LogP contribution in [0.3, 0.4) is 0 Å². The third kappa shape index (κ3) is 3.08. The molecule has 0 spiro atoms. The normalized spacial score (nSPS) is 15.3. The fraction of sp³-hybridized carbons (Fsp3) is 0.429. The lowest BCUT2D eigenvalue weighted by molar-refractivity contribution is 0.414. The highest BCUT2D eigenvalue weighted by atomic mass is 32.1. The lowest BCUT2D eigenvalue weighted by Gasteiger charge is -2.26. The van der Waals surface area contributed by atoms with Crippen LogP contribution >= 0.6 is 11.5 Å². The fourth-order valence-electron chi connectivity index (χ4n) is 2.27. The summed E-state index contributed by atoms with van der Waals surface area (Å²) in [5.41, 5.74) is 1.18. The Morgan fingerprint density at radius 2 is 2.20 bits per heavy atom. The maximum Gasteiger partial charge on any atom is 0.205 e. The van der Waals surface area contributed by atoms with Gasteiger partial charge in [0.25, 0.3) is 0 Å². The number of hydrogen-bond acceptors (Lipinski definition) is 6. The standard InChI is InChI=1S/C14H18N4OS/c1-19-12-4-2-3-11(9-12)10-13-16-14(20-17-13)18-7-5-15-6-8-18/h2-4,9,15H,5-8,10H2,1H3. The molecule has 0 unspecified atom stereocenters. The van der Waals surface area contributed by atoms with Crippen molar-refractivity contribution in [3.8, 4) is 5.75 Å². The first-order valence-electron chi connectivity index (χ1n) is 6.76. The van der Waals surface area contributed by atoms with Crippen molar-refractivity contribution in [2.45, 2.75) is 6.42 Å². The van der Waals surface area contributed by atoms with Gasteiger partial charge in [-0.05, 0) is 17.7 Å². The molecule has 0 saturated carbocycles. The van der Waals surface area contributed by atoms with E-state index in [2.05, 4.69) is 25.6 Å². The number of ether oxygens (including phenoxy) is 1. The van der Waals surface area contributed by atoms with Crippen molar-refractivity contribution < 1.29 is 4.74 Å². The van der Waals surface area contributed by atoms with E-state index in [1.165, 1.54) is 17.1 Å². The highest BCUT2D eigenvalue weighted by Crippen LogP contribution is 2.20. The summed E-state index contributed by atoms with van der Waals surface area (Å²) in [6.45, 7) is 4.05. The molecule has 3 rings (SSSR count). The summed E-state index contributed by atoms with van der Waals surface area (Å²) >= 11 is 1.49. The van der Waals surface area contributed by atoms with Gasteiger partial charge in [0.1, 0.15) is 11.6 Å². The van der Waals surface area contributed by atoms with Crippen LogP contribution in [0.4, 0.5) is 5.13 Å². The minimum atomic E-state index is 0.750. The highest BCUT2D eigenvalue weighted by molar-refractivity contribution is 7.09. The molecule has 5 nitrogen and oxygen atoms in total. The van der Waals surface area contributed by atoms with E-state index in [0.717, 1.165) is 49.3 Å². The number of methoxy groups -OCH3 is 1. The van der Waals surface area contributed by atoms with Gasteiger partial charge in [0, 0.05) is 44.1 Å². The lowest BCUT2D eigenvalue weighted by Crippen LogP contribution is -2.43. The summed E-state index contributed by atoms with van der Waals surface area (Å²) in [6, 6.07) is 8.06. The topological polar surface area (TPSA) is 50.3 Å². The molecule has 1 aliphatic heterocycles. The van der Waals surface area contributed by atoms with Gasteiger partial charge in [-0.25, -0.2) is 4.98 Å². The molecule has 1 N–H and O–H groups in total. The van der Waals surface area contributed by atoms with Crippen LogP contribution in [0.5, 0.6) is 5.75 Å². The van der Waals surface area contributed by atoms with E-state index in [4.69, 9.17) is 4.74 Å². The number of anilines is 1. The van der Waals surface area contributed by atoms with Crippen LogP contribution in [-0.4, -0.2) is 42.6 Å². The number of hydrogen-bond donors (Lipinski definition) is 1. The first-order valence-corrected chi connectivity index (χ1v) is 7.53. The van der Waals surface area contributed by atoms with Crippen LogP contribution in [0.15, 0.2) is 24.3 Å². The Labute approximate surface area is 122 Å². The van der Waals surface area contributed by atoms with Crippen molar-refractivity contribution in [1.82, 2.24) is 14.7 Å². The number of nitrogens with zero attached hydrogens (tertiary/aromatic N) is 3. The van der Waals surface area contributed by atoms with E-state index in [0.29, 0.717) is 0 Å². The Balaban J connectivity index is 1.70. The van der Waals surface area contributed by atoms with E-state index < -0.39 is 0 Å². The van der Waals surface area contributed by atoms with Gasteiger partial charge in [-0.1, -0.05) is 12.1 Å². The van der Waals surface area contributed by atoms with Crippen molar-refractivity contribution in [1.29, 1.82) is 0 Å². The molecule has 1 saturated heterocycles. The predicted octanol–water partition coefficient (Wildman–Crippen LogP) is 1.55. The quantitative estimate of drug-likeness (QED) is 0.926. The van der Waals surface area contributed by atoms with Crippen molar-refractivity contribution >= 4 is 16.7 Å². The largest absolute Gasteiger partial charge is 0.497 e. The molecular formula is C14H18N4OS. The zero-order valence-corrected chi connectivity index (χ0v) is 12.3. The van der Waals surface area contributed by atoms with Crippen molar-refractivity contribution in [3.05, 3.63) is 35.7 Å². The van der Waals surface area contributed by atoms with Crippen LogP contribution in [-0.2, 0) is 6.42 Å². The van der Waals surface area contributed by atoms with Crippen molar-refractivity contribution in [2.75, 3.05) is 38.2 Å². The molecule has 0 atom stereocenters. The average molecular weight is 290 g/mol. The van der Waals surface area contributed by atoms with Crippen LogP contribution in [0.1, 0.15) is 11.4 Å². The molecule has 20 heavy (non-hydrogen) atoms. The van der Waals surface area contributed by atoms with Gasteiger partial charge in [-0.2, -0.15) is 4.37 Å². The molecule has 106 valence electrons. The Morgan fingerprint density at radius 3 is 3.00 bits per heavy atom. The smallest absolute Gasteiger partial charge is 0.205 e. The number of nitrogens with one attached hydrogen (secondary N) is 1. The van der Waals surface area contributed by atoms with E-state index >= 15 is 0 Å². The second-order valence-corrected chi connectivity index (χ2v) is 5.49. The molecule has 1 aromatic carbocycles. The maximum absolute atomic E-state index is 5.24. The minimum Gasteiger partial charge on any atom is -0.497 e. The Morgan fingerprint density at radius 1 is 1.35 bits per heavy atom. The number of benzene rings is 1. The first-order chi connectivity index (χ1) is 9.85. The molecule has 0 amide bonds. The molecular weight excluding hydrogens is 272 g/mol. The second kappa shape index (κ2) is 6.19. The van der Waals surface area contributed by atoms with Crippen molar-refractivity contribution in [2.24, 2.45) is 0 Å². The van der Waals surface area contributed by atoms with Crippen LogP contribution in [0, 0.1) is 0 Å². The molecule has 0 aliphatic carbocycles. The zero-order chi connectivity index (χ0) is 13.8. The molecule has 0 bridgehead atoms. The van der Waals surface area contributed by atoms with Gasteiger partial charge in [-0.3, -0.25) is 0 Å². The Kier molecular flexibility index (Phi) is 4.13.